The fourth-order valence-electron chi connectivity index (χ4n) is 7.35. The predicted octanol–water partition coefficient (Wildman–Crippen LogP) is 5.46. The number of esters is 1. The van der Waals surface area contributed by atoms with Crippen molar-refractivity contribution in [1.29, 1.82) is 0 Å². The van der Waals surface area contributed by atoms with E-state index in [1.807, 2.05) is 6.92 Å². The second-order valence-electron chi connectivity index (χ2n) is 15.5. The summed E-state index contributed by atoms with van der Waals surface area (Å²) in [5, 5.41) is 68.5. The molecule has 9 atom stereocenters. The molecule has 16 heteroatoms. The molecule has 6 N–H and O–H groups in total. The van der Waals surface area contributed by atoms with Gasteiger partial charge in [0.25, 0.3) is 11.7 Å². The number of amides is 1. The number of amidine groups is 1. The van der Waals surface area contributed by atoms with Gasteiger partial charge in [0.1, 0.15) is 29.2 Å². The monoisotopic (exact) mass is 822 g/mol. The van der Waals surface area contributed by atoms with E-state index in [2.05, 4.69) is 15.5 Å². The highest BCUT2D eigenvalue weighted by Crippen LogP contribution is 2.55. The highest BCUT2D eigenvalue weighted by molar-refractivity contribution is 6.23. The van der Waals surface area contributed by atoms with Gasteiger partial charge in [-0.2, -0.15) is 5.10 Å². The molecular formula is C43H58N4O12. The number of carbonyl (C=O) groups excluding carboxylic acids is 3. The van der Waals surface area contributed by atoms with E-state index in [1.165, 1.54) is 53.2 Å². The second kappa shape index (κ2) is 18.6. The first-order chi connectivity index (χ1) is 27.6. The van der Waals surface area contributed by atoms with Gasteiger partial charge in [-0.15, -0.1) is 5.10 Å². The lowest BCUT2D eigenvalue weighted by atomic mass is 9.78. The third kappa shape index (κ3) is 9.24. The lowest BCUT2D eigenvalue weighted by molar-refractivity contribution is -0.160. The number of hydrogen-bond donors (Lipinski definition) is 6. The molecule has 1 amide bonds. The number of nitrogens with zero attached hydrogens (tertiary/aromatic N) is 3. The van der Waals surface area contributed by atoms with Gasteiger partial charge in [0, 0.05) is 74.7 Å². The number of hydrogen-bond acceptors (Lipinski definition) is 14. The number of allylic oxidation sites excluding steroid dienone is 2. The number of ether oxygens (including phenoxy) is 4. The van der Waals surface area contributed by atoms with E-state index in [0.717, 1.165) is 6.21 Å². The third-order valence-electron chi connectivity index (χ3n) is 11.4. The van der Waals surface area contributed by atoms with Gasteiger partial charge >= 0.3 is 11.8 Å². The largest absolute Gasteiger partial charge is 0.507 e. The molecule has 3 heterocycles. The van der Waals surface area contributed by atoms with Crippen LogP contribution in [-0.4, -0.2) is 111 Å². The van der Waals surface area contributed by atoms with E-state index in [4.69, 9.17) is 18.9 Å². The summed E-state index contributed by atoms with van der Waals surface area (Å²) in [6.45, 7) is 16.7. The van der Waals surface area contributed by atoms with E-state index >= 15 is 0 Å². The Hall–Kier alpha value is -5.45. The summed E-state index contributed by atoms with van der Waals surface area (Å²) in [6.07, 6.45) is 4.55. The Kier molecular flexibility index (Phi) is 14.6. The Balaban J connectivity index is 2.00. The van der Waals surface area contributed by atoms with Crippen molar-refractivity contribution in [2.75, 3.05) is 26.0 Å². The molecule has 0 aliphatic carbocycles. The van der Waals surface area contributed by atoms with Gasteiger partial charge in [-0.25, -0.2) is 0 Å². The Labute approximate surface area is 344 Å². The minimum Gasteiger partial charge on any atom is -0.507 e. The number of rotatable bonds is 5. The number of aliphatic hydroxyl groups is 2. The number of aromatic hydroxyl groups is 3. The lowest BCUT2D eigenvalue weighted by Crippen LogP contribution is -2.46. The molecule has 3 aliphatic rings. The van der Waals surface area contributed by atoms with Crippen LogP contribution in [0.15, 0.2) is 46.3 Å². The van der Waals surface area contributed by atoms with Gasteiger partial charge in [0.05, 0.1) is 53.0 Å². The van der Waals surface area contributed by atoms with E-state index in [-0.39, 0.29) is 44.5 Å². The minimum absolute atomic E-state index is 0.0332. The predicted molar refractivity (Wildman–Crippen MR) is 223 cm³/mol. The summed E-state index contributed by atoms with van der Waals surface area (Å²) < 4.78 is 23.5. The van der Waals surface area contributed by atoms with Crippen LogP contribution in [0.2, 0.25) is 0 Å². The molecule has 16 nitrogen and oxygen atoms in total. The van der Waals surface area contributed by atoms with Gasteiger partial charge in [0.2, 0.25) is 0 Å². The van der Waals surface area contributed by atoms with Crippen LogP contribution in [0.5, 0.6) is 23.0 Å². The lowest BCUT2D eigenvalue weighted by Gasteiger charge is -2.38. The number of nitrogens with one attached hydrogen (secondary N) is 1. The fourth-order valence-corrected chi connectivity index (χ4v) is 7.35. The maximum Gasteiger partial charge on any atom is 0.312 e. The second-order valence-corrected chi connectivity index (χ2v) is 15.5. The zero-order valence-corrected chi connectivity index (χ0v) is 35.7. The molecule has 5 rings (SSSR count). The van der Waals surface area contributed by atoms with Gasteiger partial charge in [-0.05, 0) is 33.8 Å². The van der Waals surface area contributed by atoms with Crippen molar-refractivity contribution < 1.29 is 58.9 Å². The molecule has 0 fully saturated rings. The minimum atomic E-state index is -2.06. The van der Waals surface area contributed by atoms with Crippen LogP contribution >= 0.6 is 0 Å². The van der Waals surface area contributed by atoms with Crippen LogP contribution in [0, 0.1) is 30.6 Å². The molecule has 0 spiro atoms. The number of anilines is 1. The molecule has 0 unspecified atom stereocenters. The van der Waals surface area contributed by atoms with Gasteiger partial charge in [-0.3, -0.25) is 14.4 Å². The van der Waals surface area contributed by atoms with E-state index < -0.39 is 88.8 Å². The maximum absolute atomic E-state index is 14.4. The molecule has 0 saturated heterocycles. The number of phenols is 3. The first-order valence-electron chi connectivity index (χ1n) is 19.5. The van der Waals surface area contributed by atoms with Crippen LogP contribution < -0.4 is 10.1 Å². The Morgan fingerprint density at radius 1 is 0.983 bits per heavy atom. The summed E-state index contributed by atoms with van der Waals surface area (Å²) >= 11 is 0. The van der Waals surface area contributed by atoms with Crippen molar-refractivity contribution in [2.45, 2.75) is 99.4 Å². The van der Waals surface area contributed by atoms with E-state index in [9.17, 15) is 39.9 Å². The summed E-state index contributed by atoms with van der Waals surface area (Å²) in [5.74, 6) is -8.13. The number of ketones is 1. The highest BCUT2D eigenvalue weighted by atomic mass is 16.7. The number of aliphatic hydroxyl groups excluding tert-OH is 2. The molecule has 2 aromatic rings. The van der Waals surface area contributed by atoms with Gasteiger partial charge in [-0.1, -0.05) is 45.9 Å². The summed E-state index contributed by atoms with van der Waals surface area (Å²) in [5.41, 5.74) is -0.605. The molecule has 3 aliphatic heterocycles. The number of benzene rings is 2. The number of Topliss-reactive ketones (excluding diaryl/α,β-unsaturated/α-hetero) is 1. The van der Waals surface area contributed by atoms with Crippen molar-refractivity contribution >= 4 is 46.2 Å². The SMILES string of the molecule is CCN(C)/C(C)=N/N=C/c1c2c(O)c3c(O)c(C)c4c(c3c1O)C(=O)[C@@](C)(O/C=C/[C@H](OC)[C@@H](C)[C@@H](OC(C)=O)[C@H](C)[C@H](O)[C@H](C)[C@@H](O)[C@@H](C)/C=C/C=C(/C)C(=O)N2)O4. The Morgan fingerprint density at radius 3 is 2.25 bits per heavy atom. The van der Waals surface area contributed by atoms with Crippen molar-refractivity contribution in [2.24, 2.45) is 33.9 Å². The zero-order chi connectivity index (χ0) is 44.3. The highest BCUT2D eigenvalue weighted by Gasteiger charge is 2.50. The standard InChI is InChI=1S/C43H58N4O12/c1-13-47(11)26(8)46-44-19-28-33-38(53)31-30(37(28)52)32-40(25(7)36(31)51)59-43(10,41(32)54)57-18-17-29(56-12)22(4)39(58-27(9)48)24(6)35(50)23(5)34(49)20(2)15-14-16-21(3)42(55)45-33/h14-20,22-24,29,34-35,39,49-53H,13H2,1-12H3,(H,45,55)/b15-14+,18-17+,21-16-,44-19+,46-26+/t20-,22+,23+,24+,29-,34-,35+,39+,43-/m0/s1. The summed E-state index contributed by atoms with van der Waals surface area (Å²) in [4.78, 5) is 42.2. The number of phenolic OH excluding ortho intramolecular Hbond substituents is 3. The van der Waals surface area contributed by atoms with Crippen molar-refractivity contribution in [3.8, 4) is 23.0 Å². The maximum atomic E-state index is 14.4. The number of methoxy groups -OCH3 is 1. The molecule has 0 saturated carbocycles. The quantitative estimate of drug-likeness (QED) is 0.0551. The van der Waals surface area contributed by atoms with Crippen LogP contribution in [0.1, 0.15) is 83.8 Å². The zero-order valence-electron chi connectivity index (χ0n) is 35.7. The molecule has 322 valence electrons. The summed E-state index contributed by atoms with van der Waals surface area (Å²) in [7, 11) is 3.23. The average Bonchev–Trinajstić information content (AvgIpc) is 3.46. The molecule has 2 aromatic carbocycles. The van der Waals surface area contributed by atoms with Crippen molar-refractivity contribution in [1.82, 2.24) is 4.90 Å². The summed E-state index contributed by atoms with van der Waals surface area (Å²) in [6, 6.07) is 0. The molecular weight excluding hydrogens is 764 g/mol. The van der Waals surface area contributed by atoms with Gasteiger partial charge in [0.15, 0.2) is 5.75 Å². The van der Waals surface area contributed by atoms with Crippen LogP contribution in [0.25, 0.3) is 10.8 Å². The normalized spacial score (nSPS) is 30.4. The molecule has 0 aromatic heterocycles. The van der Waals surface area contributed by atoms with Crippen LogP contribution in [0.3, 0.4) is 0 Å². The third-order valence-corrected chi connectivity index (χ3v) is 11.4. The average molecular weight is 823 g/mol. The fraction of sp³-hybridized carbons (Fsp3) is 0.512. The number of carbonyl (C=O) groups is 3. The Morgan fingerprint density at radius 2 is 1.64 bits per heavy atom. The van der Waals surface area contributed by atoms with Crippen molar-refractivity contribution in [3.63, 3.8) is 0 Å². The first-order valence-corrected chi connectivity index (χ1v) is 19.5. The van der Waals surface area contributed by atoms with E-state index in [1.54, 1.807) is 58.7 Å². The first kappa shape index (κ1) is 46.2. The molecule has 0 radical (unpaired) electrons. The number of fused-ring (bicyclic) bond motifs is 14. The van der Waals surface area contributed by atoms with Crippen LogP contribution in [0.4, 0.5) is 5.69 Å². The van der Waals surface area contributed by atoms with Gasteiger partial charge < -0.3 is 54.7 Å². The van der Waals surface area contributed by atoms with Crippen molar-refractivity contribution in [3.05, 3.63) is 52.8 Å². The Bertz CT molecular complexity index is 2110. The molecule has 59 heavy (non-hydrogen) atoms. The van der Waals surface area contributed by atoms with Crippen LogP contribution in [-0.2, 0) is 23.8 Å². The van der Waals surface area contributed by atoms with E-state index in [0.29, 0.717) is 12.4 Å². The smallest absolute Gasteiger partial charge is 0.312 e. The topological polar surface area (TPSA) is 229 Å². The molecule has 5 bridgehead atoms.